The lowest BCUT2D eigenvalue weighted by atomic mass is 10.1. The Hall–Kier alpha value is -2.86. The molecule has 0 radical (unpaired) electrons. The molecule has 0 spiro atoms. The van der Waals surface area contributed by atoms with Gasteiger partial charge in [0.05, 0.1) is 7.11 Å². The quantitative estimate of drug-likeness (QED) is 0.686. The zero-order valence-corrected chi connectivity index (χ0v) is 17.6. The van der Waals surface area contributed by atoms with Crippen LogP contribution in [0.5, 0.6) is 0 Å². The van der Waals surface area contributed by atoms with Crippen molar-refractivity contribution in [1.29, 1.82) is 0 Å². The number of amides is 1. The molecular weight excluding hydrogens is 368 g/mol. The van der Waals surface area contributed by atoms with E-state index in [9.17, 15) is 9.59 Å². The van der Waals surface area contributed by atoms with E-state index in [0.29, 0.717) is 13.1 Å². The van der Waals surface area contributed by atoms with Crippen molar-refractivity contribution < 1.29 is 19.1 Å². The van der Waals surface area contributed by atoms with Crippen LogP contribution in [0.1, 0.15) is 31.9 Å². The Morgan fingerprint density at radius 3 is 1.83 bits per heavy atom. The predicted octanol–water partition coefficient (Wildman–Crippen LogP) is 3.76. The molecule has 0 saturated carbocycles. The molecule has 0 heterocycles. The third kappa shape index (κ3) is 8.35. The van der Waals surface area contributed by atoms with Crippen LogP contribution in [-0.4, -0.2) is 42.3 Å². The zero-order chi connectivity index (χ0) is 21.3. The van der Waals surface area contributed by atoms with E-state index in [4.69, 9.17) is 9.47 Å². The maximum atomic E-state index is 12.3. The van der Waals surface area contributed by atoms with Crippen LogP contribution in [0.15, 0.2) is 60.7 Å². The summed E-state index contributed by atoms with van der Waals surface area (Å²) in [5.74, 6) is -0.512. The number of alkyl carbamates (subject to hydrolysis) is 1. The van der Waals surface area contributed by atoms with E-state index in [2.05, 4.69) is 10.2 Å². The van der Waals surface area contributed by atoms with Gasteiger partial charge in [0, 0.05) is 19.6 Å². The topological polar surface area (TPSA) is 67.9 Å². The Labute approximate surface area is 172 Å². The highest BCUT2D eigenvalue weighted by atomic mass is 16.6. The molecule has 0 aliphatic rings. The lowest BCUT2D eigenvalue weighted by Gasteiger charge is -2.28. The summed E-state index contributed by atoms with van der Waals surface area (Å²) in [6.07, 6.45) is -0.646. The number of nitrogens with zero attached hydrogens (tertiary/aromatic N) is 1. The third-order valence-corrected chi connectivity index (χ3v) is 4.12. The van der Waals surface area contributed by atoms with Gasteiger partial charge < -0.3 is 14.8 Å². The van der Waals surface area contributed by atoms with Gasteiger partial charge >= 0.3 is 12.1 Å². The average Bonchev–Trinajstić information content (AvgIpc) is 2.67. The number of rotatable bonds is 8. The Balaban J connectivity index is 2.16. The van der Waals surface area contributed by atoms with E-state index in [1.54, 1.807) is 20.8 Å². The fourth-order valence-corrected chi connectivity index (χ4v) is 2.90. The SMILES string of the molecule is COC(=O)[C@H](CN(Cc1ccccc1)Cc1ccccc1)NC(=O)OC(C)(C)C. The molecule has 2 aromatic carbocycles. The molecule has 0 aliphatic carbocycles. The van der Waals surface area contributed by atoms with E-state index < -0.39 is 23.7 Å². The van der Waals surface area contributed by atoms with Crippen molar-refractivity contribution in [1.82, 2.24) is 10.2 Å². The fourth-order valence-electron chi connectivity index (χ4n) is 2.90. The Morgan fingerprint density at radius 2 is 1.41 bits per heavy atom. The molecule has 1 N–H and O–H groups in total. The maximum Gasteiger partial charge on any atom is 0.408 e. The van der Waals surface area contributed by atoms with Gasteiger partial charge in [-0.2, -0.15) is 0 Å². The van der Waals surface area contributed by atoms with Crippen molar-refractivity contribution in [3.8, 4) is 0 Å². The van der Waals surface area contributed by atoms with Crippen molar-refractivity contribution in [2.75, 3.05) is 13.7 Å². The first kappa shape index (κ1) is 22.4. The van der Waals surface area contributed by atoms with E-state index in [0.717, 1.165) is 11.1 Å². The van der Waals surface area contributed by atoms with Gasteiger partial charge in [-0.05, 0) is 31.9 Å². The largest absolute Gasteiger partial charge is 0.467 e. The summed E-state index contributed by atoms with van der Waals surface area (Å²) in [4.78, 5) is 26.7. The number of nitrogens with one attached hydrogen (secondary N) is 1. The minimum absolute atomic E-state index is 0.287. The smallest absolute Gasteiger partial charge is 0.408 e. The predicted molar refractivity (Wildman–Crippen MR) is 112 cm³/mol. The molecule has 0 unspecified atom stereocenters. The van der Waals surface area contributed by atoms with Gasteiger partial charge in [-0.25, -0.2) is 9.59 Å². The summed E-state index contributed by atoms with van der Waals surface area (Å²) in [5, 5.41) is 2.65. The number of hydrogen-bond acceptors (Lipinski definition) is 5. The highest BCUT2D eigenvalue weighted by Gasteiger charge is 2.27. The van der Waals surface area contributed by atoms with Crippen molar-refractivity contribution in [3.05, 3.63) is 71.8 Å². The summed E-state index contributed by atoms with van der Waals surface area (Å²) in [6.45, 7) is 6.86. The van der Waals surface area contributed by atoms with E-state index >= 15 is 0 Å². The monoisotopic (exact) mass is 398 g/mol. The number of hydrogen-bond donors (Lipinski definition) is 1. The average molecular weight is 399 g/mol. The minimum atomic E-state index is -0.845. The molecule has 1 atom stereocenters. The molecule has 0 bridgehead atoms. The van der Waals surface area contributed by atoms with E-state index in [-0.39, 0.29) is 6.54 Å². The molecule has 0 fully saturated rings. The number of benzene rings is 2. The fraction of sp³-hybridized carbons (Fsp3) is 0.391. The number of esters is 1. The van der Waals surface area contributed by atoms with Gasteiger partial charge in [-0.3, -0.25) is 4.90 Å². The van der Waals surface area contributed by atoms with Crippen LogP contribution in [-0.2, 0) is 27.4 Å². The second kappa shape index (κ2) is 10.6. The van der Waals surface area contributed by atoms with Crippen molar-refractivity contribution in [3.63, 3.8) is 0 Å². The summed E-state index contributed by atoms with van der Waals surface area (Å²) in [5.41, 5.74) is 1.58. The molecule has 1 amide bonds. The van der Waals surface area contributed by atoms with Gasteiger partial charge in [0.1, 0.15) is 11.6 Å². The van der Waals surface area contributed by atoms with Crippen molar-refractivity contribution in [2.24, 2.45) is 0 Å². The minimum Gasteiger partial charge on any atom is -0.467 e. The van der Waals surface area contributed by atoms with Crippen LogP contribution in [0.3, 0.4) is 0 Å². The van der Waals surface area contributed by atoms with E-state index in [1.165, 1.54) is 7.11 Å². The summed E-state index contributed by atoms with van der Waals surface area (Å²) in [6, 6.07) is 19.1. The first-order chi connectivity index (χ1) is 13.8. The van der Waals surface area contributed by atoms with Crippen LogP contribution in [0, 0.1) is 0 Å². The second-order valence-electron chi connectivity index (χ2n) is 7.86. The Kier molecular flexibility index (Phi) is 8.21. The molecule has 6 nitrogen and oxygen atoms in total. The first-order valence-electron chi connectivity index (χ1n) is 9.64. The zero-order valence-electron chi connectivity index (χ0n) is 17.6. The molecule has 2 rings (SSSR count). The standard InChI is InChI=1S/C23H30N2O4/c1-23(2,3)29-22(27)24-20(21(26)28-4)17-25(15-18-11-7-5-8-12-18)16-19-13-9-6-10-14-19/h5-14,20H,15-17H2,1-4H3,(H,24,27)/t20-/m0/s1. The Bertz CT molecular complexity index is 731. The molecule has 0 aromatic heterocycles. The van der Waals surface area contributed by atoms with Gasteiger partial charge in [0.2, 0.25) is 0 Å². The van der Waals surface area contributed by atoms with Gasteiger partial charge in [-0.15, -0.1) is 0 Å². The number of carbonyl (C=O) groups is 2. The maximum absolute atomic E-state index is 12.3. The van der Waals surface area contributed by atoms with Gasteiger partial charge in [0.25, 0.3) is 0 Å². The lowest BCUT2D eigenvalue weighted by molar-refractivity contribution is -0.143. The Morgan fingerprint density at radius 1 is 0.931 bits per heavy atom. The molecule has 156 valence electrons. The normalized spacial score (nSPS) is 12.3. The molecule has 2 aromatic rings. The summed E-state index contributed by atoms with van der Waals surface area (Å²) >= 11 is 0. The van der Waals surface area contributed by atoms with Crippen LogP contribution in [0.2, 0.25) is 0 Å². The van der Waals surface area contributed by atoms with Gasteiger partial charge in [0.15, 0.2) is 0 Å². The molecule has 0 saturated heterocycles. The number of carbonyl (C=O) groups excluding carboxylic acids is 2. The van der Waals surface area contributed by atoms with Crippen LogP contribution < -0.4 is 5.32 Å². The lowest BCUT2D eigenvalue weighted by Crippen LogP contribution is -2.50. The van der Waals surface area contributed by atoms with Gasteiger partial charge in [-0.1, -0.05) is 60.7 Å². The highest BCUT2D eigenvalue weighted by Crippen LogP contribution is 2.12. The van der Waals surface area contributed by atoms with Crippen molar-refractivity contribution >= 4 is 12.1 Å². The molecule has 6 heteroatoms. The first-order valence-corrected chi connectivity index (χ1v) is 9.64. The number of methoxy groups -OCH3 is 1. The highest BCUT2D eigenvalue weighted by molar-refractivity contribution is 5.81. The third-order valence-electron chi connectivity index (χ3n) is 4.12. The van der Waals surface area contributed by atoms with Crippen LogP contribution in [0.4, 0.5) is 4.79 Å². The summed E-state index contributed by atoms with van der Waals surface area (Å²) < 4.78 is 10.2. The number of ether oxygens (including phenoxy) is 2. The molecule has 0 aliphatic heterocycles. The van der Waals surface area contributed by atoms with Crippen molar-refractivity contribution in [2.45, 2.75) is 45.5 Å². The molecule has 29 heavy (non-hydrogen) atoms. The molecular formula is C23H30N2O4. The van der Waals surface area contributed by atoms with Crippen LogP contribution >= 0.6 is 0 Å². The van der Waals surface area contributed by atoms with E-state index in [1.807, 2.05) is 60.7 Å². The summed E-state index contributed by atoms with van der Waals surface area (Å²) in [7, 11) is 1.31. The second-order valence-corrected chi connectivity index (χ2v) is 7.86. The van der Waals surface area contributed by atoms with Crippen LogP contribution in [0.25, 0.3) is 0 Å².